The fourth-order valence-electron chi connectivity index (χ4n) is 4.54. The Balaban J connectivity index is 1.55. The quantitative estimate of drug-likeness (QED) is 0.507. The number of aromatic nitrogens is 2. The highest BCUT2D eigenvalue weighted by Crippen LogP contribution is 2.32. The molecular formula is C25H33F3N6O3. The second kappa shape index (κ2) is 11.5. The molecule has 3 heterocycles. The number of aliphatic hydroxyl groups excluding tert-OH is 1. The Labute approximate surface area is 214 Å². The molecule has 2 aromatic rings. The lowest BCUT2D eigenvalue weighted by Gasteiger charge is -2.27. The molecule has 2 saturated heterocycles. The number of halogens is 3. The molecule has 1 aromatic heterocycles. The monoisotopic (exact) mass is 522 g/mol. The molecule has 9 nitrogen and oxygen atoms in total. The average molecular weight is 523 g/mol. The molecule has 2 fully saturated rings. The molecule has 3 N–H and O–H groups in total. The first kappa shape index (κ1) is 26.9. The number of ether oxygens (including phenoxy) is 1. The van der Waals surface area contributed by atoms with Crippen LogP contribution < -0.4 is 15.5 Å². The van der Waals surface area contributed by atoms with Gasteiger partial charge in [0.05, 0.1) is 25.5 Å². The van der Waals surface area contributed by atoms with E-state index in [0.29, 0.717) is 55.9 Å². The van der Waals surface area contributed by atoms with Crippen LogP contribution in [0.15, 0.2) is 24.3 Å². The smallest absolute Gasteiger partial charge is 0.389 e. The van der Waals surface area contributed by atoms with Crippen molar-refractivity contribution >= 4 is 23.5 Å². The van der Waals surface area contributed by atoms with Gasteiger partial charge in [-0.2, -0.15) is 18.2 Å². The molecule has 1 unspecified atom stereocenters. The minimum atomic E-state index is -4.23. The van der Waals surface area contributed by atoms with Crippen LogP contribution in [0.25, 0.3) is 11.3 Å². The summed E-state index contributed by atoms with van der Waals surface area (Å²) < 4.78 is 43.7. The molecule has 0 aliphatic carbocycles. The number of carbonyl (C=O) groups is 1. The SMILES string of the molecule is Cc1ccc(NC(=O)N2CCC(CC(F)(F)F)C2)cc1-c1cc(N[C@H](C)CO)nc(N2CCOCC2)n1. The lowest BCUT2D eigenvalue weighted by molar-refractivity contribution is -0.143. The number of aryl methyl sites for hydroxylation is 1. The number of nitrogens with one attached hydrogen (secondary N) is 2. The van der Waals surface area contributed by atoms with Crippen LogP contribution in [-0.4, -0.2) is 84.2 Å². The van der Waals surface area contributed by atoms with Crippen LogP contribution in [0.2, 0.25) is 0 Å². The maximum absolute atomic E-state index is 12.8. The summed E-state index contributed by atoms with van der Waals surface area (Å²) in [6.07, 6.45) is -4.78. The zero-order chi connectivity index (χ0) is 26.6. The maximum Gasteiger partial charge on any atom is 0.389 e. The van der Waals surface area contributed by atoms with Crippen LogP contribution in [0.4, 0.5) is 35.4 Å². The zero-order valence-electron chi connectivity index (χ0n) is 21.0. The van der Waals surface area contributed by atoms with Crippen LogP contribution in [0, 0.1) is 12.8 Å². The van der Waals surface area contributed by atoms with Gasteiger partial charge in [-0.05, 0) is 43.9 Å². The molecule has 1 aromatic carbocycles. The third-order valence-electron chi connectivity index (χ3n) is 6.53. The van der Waals surface area contributed by atoms with Gasteiger partial charge in [0.25, 0.3) is 0 Å². The van der Waals surface area contributed by atoms with E-state index in [-0.39, 0.29) is 25.7 Å². The summed E-state index contributed by atoms with van der Waals surface area (Å²) in [6, 6.07) is 6.59. The molecule has 0 bridgehead atoms. The first-order valence-corrected chi connectivity index (χ1v) is 12.4. The topological polar surface area (TPSA) is 103 Å². The van der Waals surface area contributed by atoms with Crippen molar-refractivity contribution in [3.05, 3.63) is 29.8 Å². The first-order valence-electron chi connectivity index (χ1n) is 12.4. The van der Waals surface area contributed by atoms with Gasteiger partial charge in [-0.3, -0.25) is 0 Å². The summed E-state index contributed by atoms with van der Waals surface area (Å²) in [6.45, 7) is 6.53. The van der Waals surface area contributed by atoms with Crippen LogP contribution >= 0.6 is 0 Å². The summed E-state index contributed by atoms with van der Waals surface area (Å²) in [4.78, 5) is 25.7. The lowest BCUT2D eigenvalue weighted by atomic mass is 10.0. The van der Waals surface area contributed by atoms with Gasteiger partial charge in [-0.15, -0.1) is 0 Å². The number of hydrogen-bond acceptors (Lipinski definition) is 7. The van der Waals surface area contributed by atoms with Gasteiger partial charge in [-0.1, -0.05) is 6.07 Å². The van der Waals surface area contributed by atoms with Crippen LogP contribution in [0.5, 0.6) is 0 Å². The summed E-state index contributed by atoms with van der Waals surface area (Å²) in [5.41, 5.74) is 2.88. The standard InChI is InChI=1S/C25H33F3N6O3/c1-16-3-4-19(30-24(36)34-6-5-18(14-34)13-25(26,27)28)11-20(16)21-12-22(29-17(2)15-35)32-23(31-21)33-7-9-37-10-8-33/h3-4,11-12,17-18,35H,5-10,13-15H2,1-2H3,(H,30,36)(H,29,31,32)/t17-,18?/m1/s1. The van der Waals surface area contributed by atoms with E-state index in [1.54, 1.807) is 18.2 Å². The molecule has 0 radical (unpaired) electrons. The number of nitrogens with zero attached hydrogens (tertiary/aromatic N) is 4. The van der Waals surface area contributed by atoms with E-state index in [2.05, 4.69) is 15.6 Å². The summed E-state index contributed by atoms with van der Waals surface area (Å²) in [5.74, 6) is 0.524. The number of urea groups is 1. The number of carbonyl (C=O) groups excluding carboxylic acids is 1. The van der Waals surface area contributed by atoms with Crippen molar-refractivity contribution in [3.8, 4) is 11.3 Å². The number of amides is 2. The summed E-state index contributed by atoms with van der Waals surface area (Å²) >= 11 is 0. The van der Waals surface area contributed by atoms with Gasteiger partial charge >= 0.3 is 12.2 Å². The number of likely N-dealkylation sites (tertiary alicyclic amines) is 1. The molecule has 202 valence electrons. The number of rotatable bonds is 7. The predicted octanol–water partition coefficient (Wildman–Crippen LogP) is 3.89. The van der Waals surface area contributed by atoms with E-state index in [0.717, 1.165) is 11.1 Å². The predicted molar refractivity (Wildman–Crippen MR) is 135 cm³/mol. The van der Waals surface area contributed by atoms with Crippen LogP contribution in [-0.2, 0) is 4.74 Å². The third kappa shape index (κ3) is 7.22. The molecule has 4 rings (SSSR count). The van der Waals surface area contributed by atoms with Gasteiger partial charge < -0.3 is 30.3 Å². The Morgan fingerprint density at radius 2 is 1.97 bits per heavy atom. The van der Waals surface area contributed by atoms with Gasteiger partial charge in [-0.25, -0.2) is 9.78 Å². The molecular weight excluding hydrogens is 489 g/mol. The van der Waals surface area contributed by atoms with Crippen molar-refractivity contribution in [1.29, 1.82) is 0 Å². The minimum absolute atomic E-state index is 0.0624. The first-order chi connectivity index (χ1) is 17.6. The fraction of sp³-hybridized carbons (Fsp3) is 0.560. The van der Waals surface area contributed by atoms with Crippen molar-refractivity contribution < 1.29 is 27.8 Å². The van der Waals surface area contributed by atoms with E-state index in [1.807, 2.05) is 24.8 Å². The molecule has 2 aliphatic rings. The van der Waals surface area contributed by atoms with Gasteiger partial charge in [0.15, 0.2) is 0 Å². The number of aliphatic hydroxyl groups is 1. The molecule has 12 heteroatoms. The lowest BCUT2D eigenvalue weighted by Crippen LogP contribution is -2.37. The Hall–Kier alpha value is -3.12. The summed E-state index contributed by atoms with van der Waals surface area (Å²) in [5, 5.41) is 15.5. The van der Waals surface area contributed by atoms with E-state index in [4.69, 9.17) is 9.72 Å². The highest BCUT2D eigenvalue weighted by molar-refractivity contribution is 5.90. The molecule has 0 saturated carbocycles. The Kier molecular flexibility index (Phi) is 8.38. The number of anilines is 3. The Morgan fingerprint density at radius 1 is 1.22 bits per heavy atom. The maximum atomic E-state index is 12.8. The van der Waals surface area contributed by atoms with Crippen LogP contribution in [0.1, 0.15) is 25.3 Å². The number of benzene rings is 1. The minimum Gasteiger partial charge on any atom is -0.394 e. The molecule has 2 aliphatic heterocycles. The summed E-state index contributed by atoms with van der Waals surface area (Å²) in [7, 11) is 0. The van der Waals surface area contributed by atoms with E-state index >= 15 is 0 Å². The highest BCUT2D eigenvalue weighted by atomic mass is 19.4. The molecule has 2 amide bonds. The molecule has 2 atom stereocenters. The highest BCUT2D eigenvalue weighted by Gasteiger charge is 2.36. The van der Waals surface area contributed by atoms with Crippen molar-refractivity contribution in [1.82, 2.24) is 14.9 Å². The third-order valence-corrected chi connectivity index (χ3v) is 6.53. The van der Waals surface area contributed by atoms with E-state index in [1.165, 1.54) is 4.90 Å². The normalized spacial score (nSPS) is 19.1. The van der Waals surface area contributed by atoms with Crippen molar-refractivity contribution in [2.75, 3.05) is 61.5 Å². The van der Waals surface area contributed by atoms with Crippen LogP contribution in [0.3, 0.4) is 0 Å². The number of alkyl halides is 3. The van der Waals surface area contributed by atoms with Gasteiger partial charge in [0, 0.05) is 56.0 Å². The Bertz CT molecular complexity index is 1090. The van der Waals surface area contributed by atoms with E-state index < -0.39 is 24.5 Å². The van der Waals surface area contributed by atoms with E-state index in [9.17, 15) is 23.1 Å². The number of morpholine rings is 1. The second-order valence-electron chi connectivity index (χ2n) is 9.65. The van der Waals surface area contributed by atoms with Crippen molar-refractivity contribution in [2.45, 2.75) is 38.9 Å². The average Bonchev–Trinajstić information content (AvgIpc) is 3.32. The van der Waals surface area contributed by atoms with Crippen molar-refractivity contribution in [3.63, 3.8) is 0 Å². The fourth-order valence-corrected chi connectivity index (χ4v) is 4.54. The molecule has 37 heavy (non-hydrogen) atoms. The largest absolute Gasteiger partial charge is 0.394 e. The van der Waals surface area contributed by atoms with Gasteiger partial charge in [0.2, 0.25) is 5.95 Å². The van der Waals surface area contributed by atoms with Crippen molar-refractivity contribution in [2.24, 2.45) is 5.92 Å². The Morgan fingerprint density at radius 3 is 2.68 bits per heavy atom. The zero-order valence-corrected chi connectivity index (χ0v) is 21.0. The second-order valence-corrected chi connectivity index (χ2v) is 9.65. The molecule has 0 spiro atoms. The number of hydrogen-bond donors (Lipinski definition) is 3. The van der Waals surface area contributed by atoms with Gasteiger partial charge in [0.1, 0.15) is 5.82 Å².